The molecule has 0 aromatic heterocycles. The molecule has 0 amide bonds. The van der Waals surface area contributed by atoms with Crippen LogP contribution in [0, 0.1) is 0 Å². The van der Waals surface area contributed by atoms with Gasteiger partial charge in [0, 0.05) is 25.3 Å². The van der Waals surface area contributed by atoms with E-state index in [0.717, 1.165) is 17.7 Å². The minimum Gasteiger partial charge on any atom is -0.374 e. The third-order valence-electron chi connectivity index (χ3n) is 3.22. The molecule has 1 unspecified atom stereocenters. The van der Waals surface area contributed by atoms with Crippen LogP contribution in [-0.4, -0.2) is 26.8 Å². The van der Waals surface area contributed by atoms with Crippen LogP contribution in [0.25, 0.3) is 0 Å². The maximum atomic E-state index is 12.2. The van der Waals surface area contributed by atoms with Crippen molar-refractivity contribution in [1.29, 1.82) is 0 Å². The van der Waals surface area contributed by atoms with E-state index in [2.05, 4.69) is 12.2 Å². The SMILES string of the molecule is CCC(NC)c1ccc(N(C)CCC(F)(F)F)cc1. The first-order valence-electron chi connectivity index (χ1n) is 6.42. The monoisotopic (exact) mass is 274 g/mol. The second-order valence-corrected chi connectivity index (χ2v) is 4.63. The Morgan fingerprint density at radius 1 is 1.21 bits per heavy atom. The van der Waals surface area contributed by atoms with E-state index in [1.807, 2.05) is 31.3 Å². The summed E-state index contributed by atoms with van der Waals surface area (Å²) in [4.78, 5) is 1.62. The normalized spacial score (nSPS) is 13.4. The molecule has 0 saturated carbocycles. The van der Waals surface area contributed by atoms with E-state index in [0.29, 0.717) is 0 Å². The van der Waals surface area contributed by atoms with E-state index in [1.165, 1.54) is 0 Å². The lowest BCUT2D eigenvalue weighted by Crippen LogP contribution is -2.24. The van der Waals surface area contributed by atoms with Crippen molar-refractivity contribution in [3.05, 3.63) is 29.8 Å². The van der Waals surface area contributed by atoms with Crippen LogP contribution in [0.15, 0.2) is 24.3 Å². The predicted octanol–water partition coefficient (Wildman–Crippen LogP) is 3.75. The molecule has 0 aliphatic carbocycles. The summed E-state index contributed by atoms with van der Waals surface area (Å²) in [5, 5.41) is 3.20. The van der Waals surface area contributed by atoms with Crippen LogP contribution in [0.1, 0.15) is 31.4 Å². The second kappa shape index (κ2) is 6.80. The molecular weight excluding hydrogens is 253 g/mol. The molecular formula is C14H21F3N2. The number of hydrogen-bond donors (Lipinski definition) is 1. The molecule has 1 N–H and O–H groups in total. The average molecular weight is 274 g/mol. The molecule has 1 atom stereocenters. The van der Waals surface area contributed by atoms with E-state index in [1.54, 1.807) is 11.9 Å². The minimum absolute atomic E-state index is 0.0217. The van der Waals surface area contributed by atoms with Crippen molar-refractivity contribution in [2.45, 2.75) is 32.0 Å². The van der Waals surface area contributed by atoms with Gasteiger partial charge in [-0.15, -0.1) is 0 Å². The van der Waals surface area contributed by atoms with Gasteiger partial charge < -0.3 is 10.2 Å². The van der Waals surface area contributed by atoms with Crippen LogP contribution in [0.5, 0.6) is 0 Å². The van der Waals surface area contributed by atoms with E-state index < -0.39 is 12.6 Å². The molecule has 0 radical (unpaired) electrons. The van der Waals surface area contributed by atoms with Crippen LogP contribution in [0.2, 0.25) is 0 Å². The Bertz CT molecular complexity index is 369. The summed E-state index contributed by atoms with van der Waals surface area (Å²) in [5.74, 6) is 0. The maximum Gasteiger partial charge on any atom is 0.390 e. The van der Waals surface area contributed by atoms with Gasteiger partial charge in [0.05, 0.1) is 6.42 Å². The number of hydrogen-bond acceptors (Lipinski definition) is 2. The highest BCUT2D eigenvalue weighted by atomic mass is 19.4. The van der Waals surface area contributed by atoms with Crippen molar-refractivity contribution < 1.29 is 13.2 Å². The molecule has 0 aliphatic heterocycles. The number of alkyl halides is 3. The largest absolute Gasteiger partial charge is 0.390 e. The highest BCUT2D eigenvalue weighted by Gasteiger charge is 2.27. The zero-order valence-electron chi connectivity index (χ0n) is 11.6. The first-order valence-corrected chi connectivity index (χ1v) is 6.42. The van der Waals surface area contributed by atoms with Gasteiger partial charge in [-0.2, -0.15) is 13.2 Å². The van der Waals surface area contributed by atoms with Gasteiger partial charge in [-0.1, -0.05) is 19.1 Å². The molecule has 1 aromatic carbocycles. The molecule has 0 saturated heterocycles. The topological polar surface area (TPSA) is 15.3 Å². The lowest BCUT2D eigenvalue weighted by molar-refractivity contribution is -0.132. The number of benzene rings is 1. The van der Waals surface area contributed by atoms with Gasteiger partial charge in [0.2, 0.25) is 0 Å². The van der Waals surface area contributed by atoms with Crippen LogP contribution in [0.4, 0.5) is 18.9 Å². The van der Waals surface area contributed by atoms with Crippen LogP contribution >= 0.6 is 0 Å². The smallest absolute Gasteiger partial charge is 0.374 e. The van der Waals surface area contributed by atoms with E-state index in [9.17, 15) is 13.2 Å². The summed E-state index contributed by atoms with van der Waals surface area (Å²) in [6.45, 7) is 2.07. The molecule has 1 rings (SSSR count). The Hall–Kier alpha value is -1.23. The van der Waals surface area contributed by atoms with E-state index >= 15 is 0 Å². The molecule has 0 bridgehead atoms. The van der Waals surface area contributed by atoms with Crippen LogP contribution < -0.4 is 10.2 Å². The van der Waals surface area contributed by atoms with Gasteiger partial charge in [0.25, 0.3) is 0 Å². The molecule has 0 spiro atoms. The fourth-order valence-corrected chi connectivity index (χ4v) is 1.99. The maximum absolute atomic E-state index is 12.2. The lowest BCUT2D eigenvalue weighted by atomic mass is 10.0. The predicted molar refractivity (Wildman–Crippen MR) is 72.5 cm³/mol. The van der Waals surface area contributed by atoms with E-state index in [-0.39, 0.29) is 12.6 Å². The van der Waals surface area contributed by atoms with Crippen molar-refractivity contribution in [2.75, 3.05) is 25.5 Å². The van der Waals surface area contributed by atoms with Gasteiger partial charge in [-0.3, -0.25) is 0 Å². The van der Waals surface area contributed by atoms with Gasteiger partial charge >= 0.3 is 6.18 Å². The van der Waals surface area contributed by atoms with Crippen LogP contribution in [-0.2, 0) is 0 Å². The van der Waals surface area contributed by atoms with Crippen molar-refractivity contribution >= 4 is 5.69 Å². The number of anilines is 1. The van der Waals surface area contributed by atoms with Gasteiger partial charge in [-0.05, 0) is 31.2 Å². The first kappa shape index (κ1) is 15.8. The third kappa shape index (κ3) is 5.11. The fourth-order valence-electron chi connectivity index (χ4n) is 1.99. The molecule has 108 valence electrons. The first-order chi connectivity index (χ1) is 8.87. The summed E-state index contributed by atoms with van der Waals surface area (Å²) in [7, 11) is 3.58. The van der Waals surface area contributed by atoms with Gasteiger partial charge in [0.15, 0.2) is 0 Å². The van der Waals surface area contributed by atoms with Crippen molar-refractivity contribution in [3.63, 3.8) is 0 Å². The summed E-state index contributed by atoms with van der Waals surface area (Å²) < 4.78 is 36.5. The minimum atomic E-state index is -4.10. The molecule has 0 aliphatic rings. The second-order valence-electron chi connectivity index (χ2n) is 4.63. The van der Waals surface area contributed by atoms with Crippen molar-refractivity contribution in [1.82, 2.24) is 5.32 Å². The number of nitrogens with zero attached hydrogens (tertiary/aromatic N) is 1. The molecule has 19 heavy (non-hydrogen) atoms. The highest BCUT2D eigenvalue weighted by molar-refractivity contribution is 5.47. The van der Waals surface area contributed by atoms with Crippen molar-refractivity contribution in [3.8, 4) is 0 Å². The van der Waals surface area contributed by atoms with Gasteiger partial charge in [-0.25, -0.2) is 0 Å². The summed E-state index contributed by atoms with van der Waals surface area (Å²) in [5.41, 5.74) is 1.96. The molecule has 5 heteroatoms. The standard InChI is InChI=1S/C14H21F3N2/c1-4-13(18-2)11-5-7-12(8-6-11)19(3)10-9-14(15,16)17/h5-8,13,18H,4,9-10H2,1-3H3. The molecule has 0 fully saturated rings. The van der Waals surface area contributed by atoms with Crippen LogP contribution in [0.3, 0.4) is 0 Å². The molecule has 0 heterocycles. The Morgan fingerprint density at radius 2 is 1.79 bits per heavy atom. The van der Waals surface area contributed by atoms with E-state index in [4.69, 9.17) is 0 Å². The summed E-state index contributed by atoms with van der Waals surface area (Å²) in [6.07, 6.45) is -3.92. The molecule has 1 aromatic rings. The number of nitrogens with one attached hydrogen (secondary N) is 1. The number of rotatable bonds is 6. The fraction of sp³-hybridized carbons (Fsp3) is 0.571. The Kier molecular flexibility index (Phi) is 5.66. The zero-order chi connectivity index (χ0) is 14.5. The Balaban J connectivity index is 2.65. The summed E-state index contributed by atoms with van der Waals surface area (Å²) in [6, 6.07) is 7.94. The summed E-state index contributed by atoms with van der Waals surface area (Å²) >= 11 is 0. The quantitative estimate of drug-likeness (QED) is 0.850. The Morgan fingerprint density at radius 3 is 2.21 bits per heavy atom. The number of halogens is 3. The highest BCUT2D eigenvalue weighted by Crippen LogP contribution is 2.23. The third-order valence-corrected chi connectivity index (χ3v) is 3.22. The molecule has 2 nitrogen and oxygen atoms in total. The van der Waals surface area contributed by atoms with Crippen molar-refractivity contribution in [2.24, 2.45) is 0 Å². The Labute approximate surface area is 112 Å². The van der Waals surface area contributed by atoms with Gasteiger partial charge in [0.1, 0.15) is 0 Å². The lowest BCUT2D eigenvalue weighted by Gasteiger charge is -2.21. The average Bonchev–Trinajstić information content (AvgIpc) is 2.37. The zero-order valence-corrected chi connectivity index (χ0v) is 11.6.